The molecule has 0 aliphatic carbocycles. The summed E-state index contributed by atoms with van der Waals surface area (Å²) in [6, 6.07) is 8.05. The maximum absolute atomic E-state index is 11.7. The molecular formula is C18H19BrN4O3. The highest BCUT2D eigenvalue weighted by atomic mass is 79.9. The van der Waals surface area contributed by atoms with Gasteiger partial charge in [0.1, 0.15) is 11.8 Å². The van der Waals surface area contributed by atoms with Crippen LogP contribution in [0.15, 0.2) is 41.3 Å². The van der Waals surface area contributed by atoms with E-state index in [0.717, 1.165) is 21.1 Å². The predicted octanol–water partition coefficient (Wildman–Crippen LogP) is 4.20. The van der Waals surface area contributed by atoms with Gasteiger partial charge in [0.15, 0.2) is 11.6 Å². The quantitative estimate of drug-likeness (QED) is 0.604. The first-order chi connectivity index (χ1) is 12.6. The average Bonchev–Trinajstić information content (AvgIpc) is 2.99. The molecule has 136 valence electrons. The van der Waals surface area contributed by atoms with E-state index in [-0.39, 0.29) is 6.61 Å². The van der Waals surface area contributed by atoms with Crippen LogP contribution in [-0.2, 0) is 17.7 Å². The van der Waals surface area contributed by atoms with Crippen molar-refractivity contribution in [2.45, 2.75) is 26.8 Å². The van der Waals surface area contributed by atoms with Crippen LogP contribution in [0.4, 0.5) is 10.6 Å². The summed E-state index contributed by atoms with van der Waals surface area (Å²) in [4.78, 5) is 16.0. The molecule has 2 heterocycles. The van der Waals surface area contributed by atoms with Gasteiger partial charge in [-0.25, -0.2) is 14.3 Å². The first-order valence-electron chi connectivity index (χ1n) is 8.30. The second-order valence-electron chi connectivity index (χ2n) is 5.49. The number of rotatable bonds is 6. The molecule has 0 spiro atoms. The van der Waals surface area contributed by atoms with Gasteiger partial charge in [0.2, 0.25) is 0 Å². The van der Waals surface area contributed by atoms with E-state index in [9.17, 15) is 4.79 Å². The summed E-state index contributed by atoms with van der Waals surface area (Å²) in [7, 11) is 0. The third-order valence-electron chi connectivity index (χ3n) is 3.82. The van der Waals surface area contributed by atoms with Crippen LogP contribution in [0.2, 0.25) is 0 Å². The number of nitrogens with zero attached hydrogens (tertiary/aromatic N) is 3. The largest absolute Gasteiger partial charge is 0.513 e. The van der Waals surface area contributed by atoms with Crippen LogP contribution >= 0.6 is 15.9 Å². The number of aromatic nitrogens is 3. The molecule has 3 aromatic rings. The third kappa shape index (κ3) is 3.96. The van der Waals surface area contributed by atoms with Crippen molar-refractivity contribution in [1.29, 1.82) is 0 Å². The van der Waals surface area contributed by atoms with Crippen molar-refractivity contribution in [1.82, 2.24) is 14.6 Å². The zero-order valence-electron chi connectivity index (χ0n) is 14.5. The normalized spacial score (nSPS) is 10.7. The highest BCUT2D eigenvalue weighted by Crippen LogP contribution is 2.30. The Morgan fingerprint density at radius 1 is 1.27 bits per heavy atom. The maximum atomic E-state index is 11.7. The number of carbonyl (C=O) groups excluding carboxylic acids is 1. The van der Waals surface area contributed by atoms with E-state index in [1.807, 2.05) is 31.2 Å². The first kappa shape index (κ1) is 18.2. The Morgan fingerprint density at radius 2 is 2.04 bits per heavy atom. The first-order valence-corrected chi connectivity index (χ1v) is 9.09. The van der Waals surface area contributed by atoms with Crippen LogP contribution < -0.4 is 10.1 Å². The fraction of sp³-hybridized carbons (Fsp3) is 0.278. The fourth-order valence-electron chi connectivity index (χ4n) is 2.64. The molecule has 3 rings (SSSR count). The molecular weight excluding hydrogens is 400 g/mol. The number of hydrogen-bond acceptors (Lipinski definition) is 6. The van der Waals surface area contributed by atoms with E-state index in [2.05, 4.69) is 31.3 Å². The Bertz CT molecular complexity index is 909. The highest BCUT2D eigenvalue weighted by molar-refractivity contribution is 9.10. The van der Waals surface area contributed by atoms with Crippen LogP contribution in [0.5, 0.6) is 5.75 Å². The predicted molar refractivity (Wildman–Crippen MR) is 101 cm³/mol. The SMILES string of the molecule is CCOC(=O)Oc1cn2ncnc(NCc3ccc(Br)cc3)c2c1CC. The molecule has 0 saturated carbocycles. The molecule has 0 saturated heterocycles. The highest BCUT2D eigenvalue weighted by Gasteiger charge is 2.18. The van der Waals surface area contributed by atoms with Gasteiger partial charge in [0, 0.05) is 16.6 Å². The Hall–Kier alpha value is -2.61. The van der Waals surface area contributed by atoms with Gasteiger partial charge < -0.3 is 14.8 Å². The summed E-state index contributed by atoms with van der Waals surface area (Å²) in [5.74, 6) is 1.11. The lowest BCUT2D eigenvalue weighted by molar-refractivity contribution is 0.104. The Kier molecular flexibility index (Phi) is 5.72. The number of anilines is 1. The smallest absolute Gasteiger partial charge is 0.434 e. The molecule has 0 bridgehead atoms. The van der Waals surface area contributed by atoms with E-state index in [4.69, 9.17) is 9.47 Å². The number of benzene rings is 1. The third-order valence-corrected chi connectivity index (χ3v) is 4.35. The van der Waals surface area contributed by atoms with E-state index in [1.54, 1.807) is 17.6 Å². The van der Waals surface area contributed by atoms with Gasteiger partial charge in [-0.3, -0.25) is 0 Å². The monoisotopic (exact) mass is 418 g/mol. The summed E-state index contributed by atoms with van der Waals surface area (Å²) >= 11 is 3.43. The van der Waals surface area contributed by atoms with E-state index in [1.165, 1.54) is 6.33 Å². The Balaban J connectivity index is 1.89. The lowest BCUT2D eigenvalue weighted by Gasteiger charge is -2.09. The fourth-order valence-corrected chi connectivity index (χ4v) is 2.90. The molecule has 0 radical (unpaired) electrons. The minimum Gasteiger partial charge on any atom is -0.434 e. The number of fused-ring (bicyclic) bond motifs is 1. The average molecular weight is 419 g/mol. The molecule has 2 aromatic heterocycles. The molecule has 7 nitrogen and oxygen atoms in total. The summed E-state index contributed by atoms with van der Waals surface area (Å²) in [6.07, 6.45) is 3.06. The molecule has 0 amide bonds. The summed E-state index contributed by atoms with van der Waals surface area (Å²) in [5.41, 5.74) is 2.75. The number of nitrogens with one attached hydrogen (secondary N) is 1. The number of ether oxygens (including phenoxy) is 2. The van der Waals surface area contributed by atoms with Crippen molar-refractivity contribution in [3.63, 3.8) is 0 Å². The van der Waals surface area contributed by atoms with Crippen molar-refractivity contribution in [2.75, 3.05) is 11.9 Å². The zero-order chi connectivity index (χ0) is 18.5. The molecule has 8 heteroatoms. The zero-order valence-corrected chi connectivity index (χ0v) is 16.1. The van der Waals surface area contributed by atoms with E-state index >= 15 is 0 Å². The van der Waals surface area contributed by atoms with Gasteiger partial charge in [-0.05, 0) is 31.0 Å². The van der Waals surface area contributed by atoms with Gasteiger partial charge in [-0.1, -0.05) is 35.0 Å². The number of aryl methyl sites for hydroxylation is 1. The van der Waals surface area contributed by atoms with Crippen molar-refractivity contribution in [2.24, 2.45) is 0 Å². The van der Waals surface area contributed by atoms with Crippen LogP contribution in [-0.4, -0.2) is 27.4 Å². The minimum atomic E-state index is -0.726. The van der Waals surface area contributed by atoms with Gasteiger partial charge in [-0.15, -0.1) is 0 Å². The second-order valence-corrected chi connectivity index (χ2v) is 6.41. The molecule has 0 aliphatic rings. The topological polar surface area (TPSA) is 77.8 Å². The number of hydrogen-bond donors (Lipinski definition) is 1. The van der Waals surface area contributed by atoms with Crippen LogP contribution in [0.3, 0.4) is 0 Å². The van der Waals surface area contributed by atoms with Gasteiger partial charge in [0.05, 0.1) is 12.8 Å². The van der Waals surface area contributed by atoms with Crippen molar-refractivity contribution < 1.29 is 14.3 Å². The van der Waals surface area contributed by atoms with E-state index in [0.29, 0.717) is 24.5 Å². The molecule has 0 fully saturated rings. The molecule has 1 N–H and O–H groups in total. The minimum absolute atomic E-state index is 0.257. The maximum Gasteiger partial charge on any atom is 0.513 e. The number of carbonyl (C=O) groups is 1. The standard InChI is InChI=1S/C18H19BrN4O3/c1-3-14-15(26-18(24)25-4-2)10-23-16(14)17(21-11-22-23)20-9-12-5-7-13(19)8-6-12/h5-8,10-11H,3-4,9H2,1-2H3,(H,20,21,22). The van der Waals surface area contributed by atoms with Crippen molar-refractivity contribution in [3.05, 3.63) is 52.4 Å². The van der Waals surface area contributed by atoms with Crippen LogP contribution in [0.25, 0.3) is 5.52 Å². The number of halogens is 1. The van der Waals surface area contributed by atoms with Crippen LogP contribution in [0, 0.1) is 0 Å². The summed E-state index contributed by atoms with van der Waals surface area (Å²) < 4.78 is 12.9. The Morgan fingerprint density at radius 3 is 2.73 bits per heavy atom. The van der Waals surface area contributed by atoms with Gasteiger partial charge in [-0.2, -0.15) is 5.10 Å². The van der Waals surface area contributed by atoms with Gasteiger partial charge >= 0.3 is 6.16 Å². The Labute approximate surface area is 159 Å². The van der Waals surface area contributed by atoms with Gasteiger partial charge in [0.25, 0.3) is 0 Å². The lowest BCUT2D eigenvalue weighted by Crippen LogP contribution is -2.10. The van der Waals surface area contributed by atoms with Crippen LogP contribution in [0.1, 0.15) is 25.0 Å². The summed E-state index contributed by atoms with van der Waals surface area (Å²) in [5, 5.41) is 7.55. The molecule has 0 unspecified atom stereocenters. The molecule has 26 heavy (non-hydrogen) atoms. The second kappa shape index (κ2) is 8.18. The molecule has 0 aliphatic heterocycles. The summed E-state index contributed by atoms with van der Waals surface area (Å²) in [6.45, 7) is 4.59. The molecule has 1 aromatic carbocycles. The van der Waals surface area contributed by atoms with Crippen molar-refractivity contribution >= 4 is 33.4 Å². The molecule has 0 atom stereocenters. The van der Waals surface area contributed by atoms with Crippen molar-refractivity contribution in [3.8, 4) is 5.75 Å². The van der Waals surface area contributed by atoms with E-state index < -0.39 is 6.16 Å². The lowest BCUT2D eigenvalue weighted by atomic mass is 10.2.